The Kier molecular flexibility index (Phi) is 4.53. The summed E-state index contributed by atoms with van der Waals surface area (Å²) < 4.78 is 13.6. The minimum Gasteiger partial charge on any atom is -0.236 e. The number of hydrogen-bond donors (Lipinski definition) is 0. The fourth-order valence-electron chi connectivity index (χ4n) is 1.80. The second-order valence-electron chi connectivity index (χ2n) is 4.52. The molecule has 0 fully saturated rings. The zero-order chi connectivity index (χ0) is 14.0. The van der Waals surface area contributed by atoms with Crippen molar-refractivity contribution in [3.05, 3.63) is 45.9 Å². The lowest BCUT2D eigenvalue weighted by molar-refractivity contribution is 0.621. The predicted octanol–water partition coefficient (Wildman–Crippen LogP) is 4.91. The first kappa shape index (κ1) is 14.4. The average molecular weight is 344 g/mol. The van der Waals surface area contributed by atoms with Crippen LogP contribution in [0.3, 0.4) is 0 Å². The Morgan fingerprint density at radius 2 is 2.11 bits per heavy atom. The van der Waals surface area contributed by atoms with Gasteiger partial charge in [0.2, 0.25) is 0 Å². The van der Waals surface area contributed by atoms with Crippen LogP contribution in [0.4, 0.5) is 4.39 Å². The summed E-state index contributed by atoms with van der Waals surface area (Å²) in [4.78, 5) is 8.84. The molecular weight excluding hydrogens is 331 g/mol. The number of rotatable bonds is 3. The van der Waals surface area contributed by atoms with E-state index in [2.05, 4.69) is 39.7 Å². The van der Waals surface area contributed by atoms with Gasteiger partial charge in [-0.3, -0.25) is 0 Å². The second kappa shape index (κ2) is 5.97. The van der Waals surface area contributed by atoms with Crippen molar-refractivity contribution >= 4 is 27.5 Å². The van der Waals surface area contributed by atoms with Crippen LogP contribution >= 0.6 is 27.5 Å². The van der Waals surface area contributed by atoms with Crippen molar-refractivity contribution in [1.82, 2.24) is 9.97 Å². The highest BCUT2D eigenvalue weighted by Crippen LogP contribution is 2.25. The molecule has 0 N–H and O–H groups in total. The smallest absolute Gasteiger partial charge is 0.159 e. The summed E-state index contributed by atoms with van der Waals surface area (Å²) in [6, 6.07) is 4.74. The molecule has 1 aromatic heterocycles. The van der Waals surface area contributed by atoms with E-state index < -0.39 is 0 Å². The summed E-state index contributed by atoms with van der Waals surface area (Å²) in [6.45, 7) is 4.12. The lowest BCUT2D eigenvalue weighted by Gasteiger charge is -2.11. The zero-order valence-corrected chi connectivity index (χ0v) is 13.0. The Labute approximate surface area is 125 Å². The van der Waals surface area contributed by atoms with Crippen LogP contribution in [0.5, 0.6) is 0 Å². The monoisotopic (exact) mass is 342 g/mol. The molecule has 2 nitrogen and oxygen atoms in total. The van der Waals surface area contributed by atoms with Crippen LogP contribution in [0.2, 0.25) is 0 Å². The maximum absolute atomic E-state index is 13.2. The van der Waals surface area contributed by atoms with Crippen LogP contribution in [-0.2, 0) is 5.88 Å². The van der Waals surface area contributed by atoms with Gasteiger partial charge in [0.15, 0.2) is 5.82 Å². The van der Waals surface area contributed by atoms with Crippen LogP contribution in [0, 0.1) is 5.82 Å². The lowest BCUT2D eigenvalue weighted by Crippen LogP contribution is -2.02. The summed E-state index contributed by atoms with van der Waals surface area (Å²) in [7, 11) is 0. The molecular formula is C14H13BrClFN2. The highest BCUT2D eigenvalue weighted by atomic mass is 79.9. The first-order valence-electron chi connectivity index (χ1n) is 5.90. The number of hydrogen-bond acceptors (Lipinski definition) is 2. The summed E-state index contributed by atoms with van der Waals surface area (Å²) in [5, 5.41) is 0. The Bertz CT molecular complexity index is 602. The van der Waals surface area contributed by atoms with E-state index in [1.165, 1.54) is 6.07 Å². The molecule has 0 radical (unpaired) electrons. The van der Waals surface area contributed by atoms with Crippen molar-refractivity contribution in [2.45, 2.75) is 25.6 Å². The maximum atomic E-state index is 13.2. The Morgan fingerprint density at radius 1 is 1.37 bits per heavy atom. The third kappa shape index (κ3) is 3.12. The van der Waals surface area contributed by atoms with Crippen molar-refractivity contribution in [2.75, 3.05) is 0 Å². The maximum Gasteiger partial charge on any atom is 0.159 e. The normalized spacial score (nSPS) is 11.1. The average Bonchev–Trinajstić information content (AvgIpc) is 2.41. The molecule has 2 aromatic rings. The molecule has 2 rings (SSSR count). The van der Waals surface area contributed by atoms with Gasteiger partial charge in [0.05, 0.1) is 16.0 Å². The van der Waals surface area contributed by atoms with Crippen LogP contribution in [0.25, 0.3) is 11.4 Å². The van der Waals surface area contributed by atoms with Gasteiger partial charge in [-0.2, -0.15) is 0 Å². The molecule has 0 unspecified atom stereocenters. The van der Waals surface area contributed by atoms with Crippen LogP contribution in [0.1, 0.15) is 31.0 Å². The van der Waals surface area contributed by atoms with E-state index in [0.29, 0.717) is 16.2 Å². The molecule has 100 valence electrons. The standard InChI is InChI=1S/C14H13BrClFN2/c1-8(2)13-10(6-16)7-18-14(19-13)9-3-4-12(17)11(15)5-9/h3-5,7-8H,6H2,1-2H3. The van der Waals surface area contributed by atoms with Gasteiger partial charge >= 0.3 is 0 Å². The van der Waals surface area contributed by atoms with Gasteiger partial charge in [0.1, 0.15) is 5.82 Å². The van der Waals surface area contributed by atoms with Gasteiger partial charge in [-0.1, -0.05) is 13.8 Å². The number of nitrogens with zero attached hydrogens (tertiary/aromatic N) is 2. The molecule has 1 heterocycles. The molecule has 0 aliphatic heterocycles. The number of alkyl halides is 1. The molecule has 0 spiro atoms. The fourth-order valence-corrected chi connectivity index (χ4v) is 2.38. The third-order valence-corrected chi connectivity index (χ3v) is 3.66. The third-order valence-electron chi connectivity index (χ3n) is 2.77. The summed E-state index contributed by atoms with van der Waals surface area (Å²) in [5.74, 6) is 0.934. The molecule has 5 heteroatoms. The van der Waals surface area contributed by atoms with Crippen molar-refractivity contribution in [1.29, 1.82) is 0 Å². The molecule has 19 heavy (non-hydrogen) atoms. The fraction of sp³-hybridized carbons (Fsp3) is 0.286. The van der Waals surface area contributed by atoms with E-state index >= 15 is 0 Å². The van der Waals surface area contributed by atoms with Gasteiger partial charge in [-0.25, -0.2) is 14.4 Å². The summed E-state index contributed by atoms with van der Waals surface area (Å²) in [6.07, 6.45) is 1.74. The van der Waals surface area contributed by atoms with Crippen LogP contribution in [-0.4, -0.2) is 9.97 Å². The van der Waals surface area contributed by atoms with E-state index in [9.17, 15) is 4.39 Å². The van der Waals surface area contributed by atoms with Gasteiger partial charge in [-0.15, -0.1) is 11.6 Å². The van der Waals surface area contributed by atoms with Crippen molar-refractivity contribution in [3.63, 3.8) is 0 Å². The predicted molar refractivity (Wildman–Crippen MR) is 78.8 cm³/mol. The van der Waals surface area contributed by atoms with E-state index in [0.717, 1.165) is 16.8 Å². The molecule has 0 aliphatic rings. The Hall–Kier alpha value is -1.00. The second-order valence-corrected chi connectivity index (χ2v) is 5.64. The largest absolute Gasteiger partial charge is 0.236 e. The molecule has 0 aliphatic carbocycles. The van der Waals surface area contributed by atoms with E-state index in [1.807, 2.05) is 0 Å². The molecule has 0 saturated heterocycles. The number of benzene rings is 1. The van der Waals surface area contributed by atoms with Crippen LogP contribution in [0.15, 0.2) is 28.9 Å². The van der Waals surface area contributed by atoms with Gasteiger partial charge in [0.25, 0.3) is 0 Å². The van der Waals surface area contributed by atoms with Gasteiger partial charge in [0, 0.05) is 17.3 Å². The summed E-state index contributed by atoms with van der Waals surface area (Å²) in [5.41, 5.74) is 2.64. The lowest BCUT2D eigenvalue weighted by atomic mass is 10.1. The highest BCUT2D eigenvalue weighted by Gasteiger charge is 2.12. The number of halogens is 3. The quantitative estimate of drug-likeness (QED) is 0.740. The zero-order valence-electron chi connectivity index (χ0n) is 10.6. The van der Waals surface area contributed by atoms with Crippen molar-refractivity contribution in [3.8, 4) is 11.4 Å². The van der Waals surface area contributed by atoms with E-state index in [4.69, 9.17) is 11.6 Å². The van der Waals surface area contributed by atoms with E-state index in [1.54, 1.807) is 18.3 Å². The van der Waals surface area contributed by atoms with Gasteiger partial charge < -0.3 is 0 Å². The number of aromatic nitrogens is 2. The van der Waals surface area contributed by atoms with Crippen molar-refractivity contribution in [2.24, 2.45) is 0 Å². The van der Waals surface area contributed by atoms with E-state index in [-0.39, 0.29) is 11.7 Å². The first-order chi connectivity index (χ1) is 9.02. The SMILES string of the molecule is CC(C)c1nc(-c2ccc(F)c(Br)c2)ncc1CCl. The topological polar surface area (TPSA) is 25.8 Å². The molecule has 0 saturated carbocycles. The Balaban J connectivity index is 2.50. The summed E-state index contributed by atoms with van der Waals surface area (Å²) >= 11 is 9.05. The minimum absolute atomic E-state index is 0.263. The van der Waals surface area contributed by atoms with Crippen LogP contribution < -0.4 is 0 Å². The van der Waals surface area contributed by atoms with Gasteiger partial charge in [-0.05, 0) is 40.0 Å². The first-order valence-corrected chi connectivity index (χ1v) is 7.23. The molecule has 0 amide bonds. The molecule has 0 atom stereocenters. The minimum atomic E-state index is -0.301. The molecule has 0 bridgehead atoms. The molecule has 1 aromatic carbocycles. The Morgan fingerprint density at radius 3 is 2.68 bits per heavy atom. The van der Waals surface area contributed by atoms with Crippen molar-refractivity contribution < 1.29 is 4.39 Å². The highest BCUT2D eigenvalue weighted by molar-refractivity contribution is 9.10.